The Morgan fingerprint density at radius 3 is 2.15 bits per heavy atom. The first-order valence-electron chi connectivity index (χ1n) is 11.0. The van der Waals surface area contributed by atoms with Crippen LogP contribution < -0.4 is 16.0 Å². The van der Waals surface area contributed by atoms with Gasteiger partial charge in [-0.2, -0.15) is 23.4 Å². The Morgan fingerprint density at radius 1 is 0.848 bits per heavy atom. The smallest absolute Gasteiger partial charge is 0.297 e. The molecule has 0 aliphatic heterocycles. The number of benzene rings is 2. The van der Waals surface area contributed by atoms with E-state index in [0.717, 1.165) is 25.6 Å². The van der Waals surface area contributed by atoms with E-state index in [1.54, 1.807) is 19.1 Å². The first-order chi connectivity index (χ1) is 15.9. The summed E-state index contributed by atoms with van der Waals surface area (Å²) in [6, 6.07) is 14.9. The number of anilines is 5. The molecule has 0 spiro atoms. The second-order valence-corrected chi connectivity index (χ2v) is 9.68. The normalized spacial score (nSPS) is 14.6. The molecule has 1 aliphatic carbocycles. The van der Waals surface area contributed by atoms with E-state index < -0.39 is 10.1 Å². The van der Waals surface area contributed by atoms with Gasteiger partial charge in [0.25, 0.3) is 10.1 Å². The van der Waals surface area contributed by atoms with Crippen LogP contribution in [0.3, 0.4) is 0 Å². The molecule has 10 heteroatoms. The van der Waals surface area contributed by atoms with Gasteiger partial charge in [0.1, 0.15) is 0 Å². The van der Waals surface area contributed by atoms with Crippen LogP contribution in [0.15, 0.2) is 53.4 Å². The lowest BCUT2D eigenvalue weighted by molar-refractivity contribution is 0.397. The fourth-order valence-electron chi connectivity index (χ4n) is 3.80. The summed E-state index contributed by atoms with van der Waals surface area (Å²) in [5.41, 5.74) is 1.96. The Morgan fingerprint density at radius 2 is 1.48 bits per heavy atom. The van der Waals surface area contributed by atoms with Crippen molar-refractivity contribution < 1.29 is 12.6 Å². The summed E-state index contributed by atoms with van der Waals surface area (Å²) in [4.78, 5) is 13.7. The van der Waals surface area contributed by atoms with Gasteiger partial charge in [0, 0.05) is 17.4 Å². The molecule has 3 aromatic rings. The van der Waals surface area contributed by atoms with Crippen molar-refractivity contribution in [2.75, 3.05) is 23.1 Å². The van der Waals surface area contributed by atoms with Crippen molar-refractivity contribution in [2.45, 2.75) is 50.0 Å². The molecule has 9 nitrogen and oxygen atoms in total. The first kappa shape index (κ1) is 22.9. The van der Waals surface area contributed by atoms with Crippen LogP contribution in [0, 0.1) is 6.92 Å². The number of nitrogens with one attached hydrogen (secondary N) is 3. The molecule has 174 valence electrons. The molecule has 1 aromatic heterocycles. The minimum absolute atomic E-state index is 0.0900. The molecule has 4 rings (SSSR count). The SMILES string of the molecule is COS(=O)(=O)c1cc(Nc2nc(Nc3ccccc3)nc(NC3CCCCC3)n2)ccc1C. The van der Waals surface area contributed by atoms with Crippen molar-refractivity contribution in [1.29, 1.82) is 0 Å². The van der Waals surface area contributed by atoms with Crippen molar-refractivity contribution in [3.63, 3.8) is 0 Å². The quantitative estimate of drug-likeness (QED) is 0.403. The Hall–Kier alpha value is -3.24. The van der Waals surface area contributed by atoms with E-state index in [-0.39, 0.29) is 4.90 Å². The Balaban J connectivity index is 1.64. The number of rotatable bonds is 8. The van der Waals surface area contributed by atoms with Crippen molar-refractivity contribution in [3.05, 3.63) is 54.1 Å². The number of nitrogens with zero attached hydrogens (tertiary/aromatic N) is 3. The van der Waals surface area contributed by atoms with Crippen LogP contribution in [0.2, 0.25) is 0 Å². The highest BCUT2D eigenvalue weighted by atomic mass is 32.2. The molecule has 3 N–H and O–H groups in total. The van der Waals surface area contributed by atoms with Gasteiger partial charge in [-0.1, -0.05) is 43.5 Å². The Labute approximate surface area is 194 Å². The highest BCUT2D eigenvalue weighted by molar-refractivity contribution is 7.86. The number of aryl methyl sites for hydroxylation is 1. The first-order valence-corrected chi connectivity index (χ1v) is 12.4. The zero-order valence-corrected chi connectivity index (χ0v) is 19.5. The fourth-order valence-corrected chi connectivity index (χ4v) is 4.71. The highest BCUT2D eigenvalue weighted by Gasteiger charge is 2.18. The van der Waals surface area contributed by atoms with Gasteiger partial charge in [-0.25, -0.2) is 0 Å². The van der Waals surface area contributed by atoms with Gasteiger partial charge in [-0.05, 0) is 49.6 Å². The lowest BCUT2D eigenvalue weighted by atomic mass is 9.96. The van der Waals surface area contributed by atoms with Crippen molar-refractivity contribution in [3.8, 4) is 0 Å². The molecular weight excluding hydrogens is 440 g/mol. The lowest BCUT2D eigenvalue weighted by Crippen LogP contribution is -2.24. The molecule has 1 aliphatic rings. The monoisotopic (exact) mass is 468 g/mol. The van der Waals surface area contributed by atoms with E-state index in [0.29, 0.717) is 35.1 Å². The summed E-state index contributed by atoms with van der Waals surface area (Å²) in [5, 5.41) is 9.74. The third kappa shape index (κ3) is 5.96. The standard InChI is InChI=1S/C23H28N6O3S/c1-16-13-14-19(15-20(16)33(30,31)32-2)26-23-28-21(24-17-9-5-3-6-10-17)27-22(29-23)25-18-11-7-4-8-12-18/h3,5-6,9-10,13-15,18H,4,7-8,11-12H2,1-2H3,(H3,24,25,26,27,28,29). The van der Waals surface area contributed by atoms with Crippen LogP contribution in [0.5, 0.6) is 0 Å². The van der Waals surface area contributed by atoms with Gasteiger partial charge < -0.3 is 16.0 Å². The second-order valence-electron chi connectivity index (χ2n) is 8.00. The molecule has 33 heavy (non-hydrogen) atoms. The van der Waals surface area contributed by atoms with E-state index in [1.807, 2.05) is 30.3 Å². The summed E-state index contributed by atoms with van der Waals surface area (Å²) in [7, 11) is -2.69. The van der Waals surface area contributed by atoms with Gasteiger partial charge in [0.2, 0.25) is 17.8 Å². The number of hydrogen-bond acceptors (Lipinski definition) is 9. The van der Waals surface area contributed by atoms with E-state index >= 15 is 0 Å². The predicted octanol–water partition coefficient (Wildman–Crippen LogP) is 4.75. The van der Waals surface area contributed by atoms with E-state index in [4.69, 9.17) is 0 Å². The highest BCUT2D eigenvalue weighted by Crippen LogP contribution is 2.25. The molecule has 0 amide bonds. The van der Waals surface area contributed by atoms with Gasteiger partial charge in [-0.15, -0.1) is 0 Å². The minimum Gasteiger partial charge on any atom is -0.351 e. The van der Waals surface area contributed by atoms with Crippen molar-refractivity contribution in [1.82, 2.24) is 15.0 Å². The van der Waals surface area contributed by atoms with Crippen LogP contribution in [0.4, 0.5) is 29.2 Å². The molecule has 0 atom stereocenters. The third-order valence-corrected chi connectivity index (χ3v) is 6.95. The largest absolute Gasteiger partial charge is 0.351 e. The average Bonchev–Trinajstić information content (AvgIpc) is 2.81. The molecule has 2 aromatic carbocycles. The van der Waals surface area contributed by atoms with Crippen LogP contribution in [-0.2, 0) is 14.3 Å². The van der Waals surface area contributed by atoms with Crippen molar-refractivity contribution >= 4 is 39.3 Å². The van der Waals surface area contributed by atoms with Crippen LogP contribution in [0.1, 0.15) is 37.7 Å². The molecule has 0 unspecified atom stereocenters. The van der Waals surface area contributed by atoms with E-state index in [2.05, 4.69) is 35.1 Å². The summed E-state index contributed by atoms with van der Waals surface area (Å²) in [6.45, 7) is 1.71. The van der Waals surface area contributed by atoms with Gasteiger partial charge in [-0.3, -0.25) is 4.18 Å². The van der Waals surface area contributed by atoms with E-state index in [9.17, 15) is 8.42 Å². The van der Waals surface area contributed by atoms with E-state index in [1.165, 1.54) is 25.3 Å². The number of para-hydroxylation sites is 1. The predicted molar refractivity (Wildman–Crippen MR) is 129 cm³/mol. The number of aromatic nitrogens is 3. The van der Waals surface area contributed by atoms with Gasteiger partial charge in [0.05, 0.1) is 12.0 Å². The molecule has 0 bridgehead atoms. The van der Waals surface area contributed by atoms with Crippen molar-refractivity contribution in [2.24, 2.45) is 0 Å². The Bertz CT molecular complexity index is 1200. The maximum Gasteiger partial charge on any atom is 0.297 e. The molecular formula is C23H28N6O3S. The summed E-state index contributed by atoms with van der Waals surface area (Å²) in [6.07, 6.45) is 5.77. The third-order valence-electron chi connectivity index (χ3n) is 5.54. The topological polar surface area (TPSA) is 118 Å². The number of hydrogen-bond donors (Lipinski definition) is 3. The fraction of sp³-hybridized carbons (Fsp3) is 0.348. The molecule has 1 saturated carbocycles. The Kier molecular flexibility index (Phi) is 7.05. The molecule has 0 saturated heterocycles. The van der Waals surface area contributed by atoms with Crippen LogP contribution >= 0.6 is 0 Å². The zero-order chi connectivity index (χ0) is 23.3. The van der Waals surface area contributed by atoms with Crippen LogP contribution in [-0.4, -0.2) is 36.5 Å². The van der Waals surface area contributed by atoms with Gasteiger partial charge in [0.15, 0.2) is 0 Å². The second kappa shape index (κ2) is 10.1. The van der Waals surface area contributed by atoms with Gasteiger partial charge >= 0.3 is 0 Å². The molecule has 0 radical (unpaired) electrons. The maximum absolute atomic E-state index is 12.2. The lowest BCUT2D eigenvalue weighted by Gasteiger charge is -2.23. The maximum atomic E-state index is 12.2. The summed E-state index contributed by atoms with van der Waals surface area (Å²) >= 11 is 0. The molecule has 1 fully saturated rings. The average molecular weight is 469 g/mol. The zero-order valence-electron chi connectivity index (χ0n) is 18.7. The summed E-state index contributed by atoms with van der Waals surface area (Å²) in [5.74, 6) is 1.15. The summed E-state index contributed by atoms with van der Waals surface area (Å²) < 4.78 is 29.2. The molecule has 1 heterocycles. The van der Waals surface area contributed by atoms with Crippen LogP contribution in [0.25, 0.3) is 0 Å². The minimum atomic E-state index is -3.84.